The van der Waals surface area contributed by atoms with Gasteiger partial charge in [-0.25, -0.2) is 4.79 Å². The summed E-state index contributed by atoms with van der Waals surface area (Å²) in [6, 6.07) is 2.20. The van der Waals surface area contributed by atoms with Crippen molar-refractivity contribution in [3.63, 3.8) is 0 Å². The SMILES string of the molecule is COC(=O)C(O)C1CCN(CC(C)(C)CCC#N)CC1. The predicted molar refractivity (Wildman–Crippen MR) is 75.8 cm³/mol. The molecule has 0 aromatic heterocycles. The Morgan fingerprint density at radius 3 is 2.60 bits per heavy atom. The topological polar surface area (TPSA) is 73.6 Å². The highest BCUT2D eigenvalue weighted by molar-refractivity contribution is 5.74. The lowest BCUT2D eigenvalue weighted by molar-refractivity contribution is -0.154. The molecule has 0 bridgehead atoms. The monoisotopic (exact) mass is 282 g/mol. The first-order valence-corrected chi connectivity index (χ1v) is 7.25. The van der Waals surface area contributed by atoms with Crippen molar-refractivity contribution in [3.8, 4) is 6.07 Å². The van der Waals surface area contributed by atoms with Gasteiger partial charge in [-0.05, 0) is 43.7 Å². The standard InChI is InChI=1S/C15H26N2O3/c1-15(2,7-4-8-16)11-17-9-5-12(6-10-17)13(18)14(19)20-3/h12-13,18H,4-7,9-11H2,1-3H3. The molecular formula is C15H26N2O3. The number of aliphatic hydroxyl groups excluding tert-OH is 1. The van der Waals surface area contributed by atoms with E-state index in [1.807, 2.05) is 0 Å². The fourth-order valence-corrected chi connectivity index (χ4v) is 2.82. The largest absolute Gasteiger partial charge is 0.467 e. The van der Waals surface area contributed by atoms with Crippen LogP contribution in [0.1, 0.15) is 39.5 Å². The summed E-state index contributed by atoms with van der Waals surface area (Å²) in [7, 11) is 1.30. The molecule has 1 unspecified atom stereocenters. The number of hydrogen-bond donors (Lipinski definition) is 1. The number of methoxy groups -OCH3 is 1. The smallest absolute Gasteiger partial charge is 0.334 e. The van der Waals surface area contributed by atoms with Crippen LogP contribution in [0.3, 0.4) is 0 Å². The molecule has 1 aliphatic rings. The van der Waals surface area contributed by atoms with Crippen molar-refractivity contribution < 1.29 is 14.6 Å². The van der Waals surface area contributed by atoms with E-state index in [0.717, 1.165) is 38.9 Å². The molecule has 1 rings (SSSR count). The lowest BCUT2D eigenvalue weighted by atomic mass is 9.85. The summed E-state index contributed by atoms with van der Waals surface area (Å²) in [4.78, 5) is 13.7. The molecular weight excluding hydrogens is 256 g/mol. The minimum atomic E-state index is -0.992. The molecule has 0 radical (unpaired) electrons. The van der Waals surface area contributed by atoms with Gasteiger partial charge in [0.25, 0.3) is 0 Å². The number of carbonyl (C=O) groups excluding carboxylic acids is 1. The van der Waals surface area contributed by atoms with Crippen LogP contribution in [0, 0.1) is 22.7 Å². The van der Waals surface area contributed by atoms with Gasteiger partial charge in [-0.1, -0.05) is 13.8 Å². The van der Waals surface area contributed by atoms with Crippen LogP contribution in [-0.4, -0.2) is 48.8 Å². The normalized spacial score (nSPS) is 19.4. The van der Waals surface area contributed by atoms with Crippen LogP contribution in [0.25, 0.3) is 0 Å². The molecule has 1 aliphatic heterocycles. The van der Waals surface area contributed by atoms with E-state index in [1.165, 1.54) is 7.11 Å². The Kier molecular flexibility index (Phi) is 6.44. The van der Waals surface area contributed by atoms with Crippen LogP contribution >= 0.6 is 0 Å². The maximum absolute atomic E-state index is 11.3. The van der Waals surface area contributed by atoms with Gasteiger partial charge in [0.05, 0.1) is 13.2 Å². The van der Waals surface area contributed by atoms with Crippen molar-refractivity contribution in [1.29, 1.82) is 5.26 Å². The van der Waals surface area contributed by atoms with Crippen molar-refractivity contribution in [2.75, 3.05) is 26.7 Å². The summed E-state index contributed by atoms with van der Waals surface area (Å²) in [6.45, 7) is 7.08. The third kappa shape index (κ3) is 5.10. The summed E-state index contributed by atoms with van der Waals surface area (Å²) < 4.78 is 4.58. The number of rotatable bonds is 6. The van der Waals surface area contributed by atoms with Gasteiger partial charge in [0.1, 0.15) is 0 Å². The van der Waals surface area contributed by atoms with Gasteiger partial charge in [-0.2, -0.15) is 5.26 Å². The quantitative estimate of drug-likeness (QED) is 0.748. The first-order chi connectivity index (χ1) is 9.39. The van der Waals surface area contributed by atoms with Gasteiger partial charge in [0.2, 0.25) is 0 Å². The maximum Gasteiger partial charge on any atom is 0.334 e. The molecule has 0 spiro atoms. The maximum atomic E-state index is 11.3. The van der Waals surface area contributed by atoms with Crippen LogP contribution in [0.4, 0.5) is 0 Å². The number of nitrogens with zero attached hydrogens (tertiary/aromatic N) is 2. The van der Waals surface area contributed by atoms with Gasteiger partial charge < -0.3 is 14.7 Å². The second kappa shape index (κ2) is 7.61. The highest BCUT2D eigenvalue weighted by Gasteiger charge is 2.32. The Hall–Kier alpha value is -1.12. The predicted octanol–water partition coefficient (Wildman–Crippen LogP) is 1.56. The van der Waals surface area contributed by atoms with Crippen LogP contribution in [0.2, 0.25) is 0 Å². The summed E-state index contributed by atoms with van der Waals surface area (Å²) in [5.74, 6) is -0.529. The summed E-state index contributed by atoms with van der Waals surface area (Å²) in [6.07, 6.45) is 2.11. The Morgan fingerprint density at radius 1 is 1.50 bits per heavy atom. The highest BCUT2D eigenvalue weighted by Crippen LogP contribution is 2.27. The Balaban J connectivity index is 2.39. The third-order valence-corrected chi connectivity index (χ3v) is 4.09. The van der Waals surface area contributed by atoms with Crippen molar-refractivity contribution in [3.05, 3.63) is 0 Å². The molecule has 1 fully saturated rings. The lowest BCUT2D eigenvalue weighted by Crippen LogP contribution is -2.44. The van der Waals surface area contributed by atoms with Gasteiger partial charge in [-0.3, -0.25) is 0 Å². The number of hydrogen-bond acceptors (Lipinski definition) is 5. The van der Waals surface area contributed by atoms with E-state index in [1.54, 1.807) is 0 Å². The van der Waals surface area contributed by atoms with Gasteiger partial charge in [-0.15, -0.1) is 0 Å². The van der Waals surface area contributed by atoms with Gasteiger partial charge in [0.15, 0.2) is 6.10 Å². The molecule has 1 atom stereocenters. The zero-order valence-electron chi connectivity index (χ0n) is 12.8. The minimum Gasteiger partial charge on any atom is -0.467 e. The molecule has 0 aliphatic carbocycles. The third-order valence-electron chi connectivity index (χ3n) is 4.09. The Morgan fingerprint density at radius 2 is 2.10 bits per heavy atom. The van der Waals surface area contributed by atoms with Crippen molar-refractivity contribution in [2.45, 2.75) is 45.6 Å². The average molecular weight is 282 g/mol. The molecule has 5 nitrogen and oxygen atoms in total. The first-order valence-electron chi connectivity index (χ1n) is 7.25. The Labute approximate surface area is 121 Å². The molecule has 1 saturated heterocycles. The lowest BCUT2D eigenvalue weighted by Gasteiger charge is -2.38. The van der Waals surface area contributed by atoms with E-state index >= 15 is 0 Å². The van der Waals surface area contributed by atoms with E-state index in [4.69, 9.17) is 5.26 Å². The summed E-state index contributed by atoms with van der Waals surface area (Å²) >= 11 is 0. The fraction of sp³-hybridized carbons (Fsp3) is 0.867. The van der Waals surface area contributed by atoms with E-state index < -0.39 is 12.1 Å². The summed E-state index contributed by atoms with van der Waals surface area (Å²) in [5.41, 5.74) is 0.129. The zero-order chi connectivity index (χ0) is 15.2. The van der Waals surface area contributed by atoms with Crippen LogP contribution in [-0.2, 0) is 9.53 Å². The molecule has 1 heterocycles. The van der Waals surface area contributed by atoms with Crippen molar-refractivity contribution >= 4 is 5.97 Å². The van der Waals surface area contributed by atoms with E-state index in [0.29, 0.717) is 6.42 Å². The molecule has 0 amide bonds. The van der Waals surface area contributed by atoms with Gasteiger partial charge >= 0.3 is 5.97 Å². The second-order valence-electron chi connectivity index (χ2n) is 6.40. The number of likely N-dealkylation sites (tertiary alicyclic amines) is 1. The van der Waals surface area contributed by atoms with Crippen LogP contribution in [0.15, 0.2) is 0 Å². The zero-order valence-corrected chi connectivity index (χ0v) is 12.8. The molecule has 0 aromatic rings. The molecule has 0 saturated carbocycles. The van der Waals surface area contributed by atoms with Crippen LogP contribution in [0.5, 0.6) is 0 Å². The van der Waals surface area contributed by atoms with Crippen molar-refractivity contribution in [2.24, 2.45) is 11.3 Å². The van der Waals surface area contributed by atoms with Gasteiger partial charge in [0, 0.05) is 13.0 Å². The Bertz CT molecular complexity index is 355. The first kappa shape index (κ1) is 16.9. The van der Waals surface area contributed by atoms with Crippen molar-refractivity contribution in [1.82, 2.24) is 4.90 Å². The number of esters is 1. The van der Waals surface area contributed by atoms with E-state index in [9.17, 15) is 9.90 Å². The molecule has 114 valence electrons. The molecule has 1 N–H and O–H groups in total. The molecule has 0 aromatic carbocycles. The number of aliphatic hydroxyl groups is 1. The number of piperidine rings is 1. The number of nitriles is 1. The van der Waals surface area contributed by atoms with E-state index in [2.05, 4.69) is 29.6 Å². The average Bonchev–Trinajstić information content (AvgIpc) is 2.44. The minimum absolute atomic E-state index is 0.000853. The van der Waals surface area contributed by atoms with Crippen LogP contribution < -0.4 is 0 Å². The fourth-order valence-electron chi connectivity index (χ4n) is 2.82. The number of ether oxygens (including phenoxy) is 1. The highest BCUT2D eigenvalue weighted by atomic mass is 16.5. The second-order valence-corrected chi connectivity index (χ2v) is 6.40. The molecule has 20 heavy (non-hydrogen) atoms. The van der Waals surface area contributed by atoms with E-state index in [-0.39, 0.29) is 11.3 Å². The summed E-state index contributed by atoms with van der Waals surface area (Å²) in [5, 5.41) is 18.5. The number of carbonyl (C=O) groups is 1. The molecule has 5 heteroatoms.